The SMILES string of the molecule is C#Cc1cc(OCCOCCOC)cc2cc[nH]c12. The molecular weight excluding hydrogens is 242 g/mol. The van der Waals surface area contributed by atoms with E-state index >= 15 is 0 Å². The standard InChI is InChI=1S/C15H17NO3/c1-3-12-10-14(11-13-4-5-16-15(12)13)19-9-8-18-7-6-17-2/h1,4-5,10-11,16H,6-9H2,2H3. The number of aromatic amines is 1. The zero-order valence-electron chi connectivity index (χ0n) is 10.9. The highest BCUT2D eigenvalue weighted by atomic mass is 16.5. The maximum atomic E-state index is 5.63. The number of hydrogen-bond donors (Lipinski definition) is 1. The summed E-state index contributed by atoms with van der Waals surface area (Å²) < 4.78 is 15.8. The van der Waals surface area contributed by atoms with Gasteiger partial charge in [-0.3, -0.25) is 0 Å². The molecule has 2 rings (SSSR count). The molecule has 1 N–H and O–H groups in total. The highest BCUT2D eigenvalue weighted by Crippen LogP contribution is 2.23. The Labute approximate surface area is 112 Å². The molecule has 0 bridgehead atoms. The number of ether oxygens (including phenoxy) is 3. The lowest BCUT2D eigenvalue weighted by atomic mass is 10.1. The van der Waals surface area contributed by atoms with E-state index in [1.165, 1.54) is 0 Å². The van der Waals surface area contributed by atoms with Gasteiger partial charge in [-0.25, -0.2) is 0 Å². The molecule has 1 heterocycles. The predicted molar refractivity (Wildman–Crippen MR) is 74.4 cm³/mol. The molecule has 1 aromatic heterocycles. The number of nitrogens with one attached hydrogen (secondary N) is 1. The summed E-state index contributed by atoms with van der Waals surface area (Å²) in [5.74, 6) is 3.42. The summed E-state index contributed by atoms with van der Waals surface area (Å²) in [6.45, 7) is 2.19. The molecule has 0 amide bonds. The second kappa shape index (κ2) is 6.83. The van der Waals surface area contributed by atoms with Crippen LogP contribution in [0.5, 0.6) is 5.75 Å². The number of benzene rings is 1. The molecule has 4 heteroatoms. The first kappa shape index (κ1) is 13.5. The van der Waals surface area contributed by atoms with E-state index in [9.17, 15) is 0 Å². The summed E-state index contributed by atoms with van der Waals surface area (Å²) in [6.07, 6.45) is 7.35. The summed E-state index contributed by atoms with van der Waals surface area (Å²) in [7, 11) is 1.65. The van der Waals surface area contributed by atoms with Gasteiger partial charge in [-0.1, -0.05) is 5.92 Å². The van der Waals surface area contributed by atoms with Gasteiger partial charge < -0.3 is 19.2 Å². The maximum absolute atomic E-state index is 5.63. The van der Waals surface area contributed by atoms with Gasteiger partial charge in [0.1, 0.15) is 12.4 Å². The van der Waals surface area contributed by atoms with E-state index in [0.717, 1.165) is 22.2 Å². The van der Waals surface area contributed by atoms with Crippen LogP contribution in [0.1, 0.15) is 5.56 Å². The van der Waals surface area contributed by atoms with E-state index in [0.29, 0.717) is 26.4 Å². The van der Waals surface area contributed by atoms with E-state index in [1.807, 2.05) is 24.4 Å². The Bertz CT molecular complexity index is 568. The van der Waals surface area contributed by atoms with Gasteiger partial charge >= 0.3 is 0 Å². The maximum Gasteiger partial charge on any atom is 0.121 e. The normalized spacial score (nSPS) is 10.5. The molecule has 0 atom stereocenters. The van der Waals surface area contributed by atoms with E-state index in [2.05, 4.69) is 10.9 Å². The van der Waals surface area contributed by atoms with Crippen LogP contribution in [0.15, 0.2) is 24.4 Å². The predicted octanol–water partition coefficient (Wildman–Crippen LogP) is 2.19. The first-order chi connectivity index (χ1) is 9.35. The van der Waals surface area contributed by atoms with Gasteiger partial charge in [-0.2, -0.15) is 0 Å². The van der Waals surface area contributed by atoms with Gasteiger partial charge in [0.15, 0.2) is 0 Å². The molecule has 100 valence electrons. The van der Waals surface area contributed by atoms with Gasteiger partial charge in [0.2, 0.25) is 0 Å². The molecule has 0 unspecified atom stereocenters. The van der Waals surface area contributed by atoms with Crippen molar-refractivity contribution in [2.75, 3.05) is 33.5 Å². The summed E-state index contributed by atoms with van der Waals surface area (Å²) in [6, 6.07) is 5.79. The summed E-state index contributed by atoms with van der Waals surface area (Å²) >= 11 is 0. The van der Waals surface area contributed by atoms with Crippen LogP contribution < -0.4 is 4.74 Å². The average Bonchev–Trinajstić information content (AvgIpc) is 2.90. The molecular formula is C15H17NO3. The number of fused-ring (bicyclic) bond motifs is 1. The lowest BCUT2D eigenvalue weighted by Gasteiger charge is -2.08. The van der Waals surface area contributed by atoms with Crippen LogP contribution >= 0.6 is 0 Å². The van der Waals surface area contributed by atoms with Gasteiger partial charge in [0, 0.05) is 18.7 Å². The third-order valence-corrected chi connectivity index (χ3v) is 2.72. The third-order valence-electron chi connectivity index (χ3n) is 2.72. The minimum absolute atomic E-state index is 0.490. The zero-order valence-corrected chi connectivity index (χ0v) is 10.9. The molecule has 0 radical (unpaired) electrons. The van der Waals surface area contributed by atoms with Gasteiger partial charge in [-0.05, 0) is 18.2 Å². The number of hydrogen-bond acceptors (Lipinski definition) is 3. The number of rotatable bonds is 7. The average molecular weight is 259 g/mol. The van der Waals surface area contributed by atoms with Crippen molar-refractivity contribution in [1.29, 1.82) is 0 Å². The molecule has 19 heavy (non-hydrogen) atoms. The summed E-state index contributed by atoms with van der Waals surface area (Å²) in [5, 5.41) is 1.05. The van der Waals surface area contributed by atoms with E-state index in [-0.39, 0.29) is 0 Å². The molecule has 2 aromatic rings. The Hall–Kier alpha value is -1.96. The van der Waals surface area contributed by atoms with Crippen molar-refractivity contribution in [2.24, 2.45) is 0 Å². The van der Waals surface area contributed by atoms with Crippen molar-refractivity contribution in [3.8, 4) is 18.1 Å². The largest absolute Gasteiger partial charge is 0.491 e. The van der Waals surface area contributed by atoms with Crippen molar-refractivity contribution in [3.05, 3.63) is 30.0 Å². The van der Waals surface area contributed by atoms with Crippen molar-refractivity contribution in [1.82, 2.24) is 4.98 Å². The second-order valence-electron chi connectivity index (χ2n) is 4.01. The molecule has 0 saturated heterocycles. The van der Waals surface area contributed by atoms with Crippen LogP contribution in [0.2, 0.25) is 0 Å². The minimum Gasteiger partial charge on any atom is -0.491 e. The minimum atomic E-state index is 0.490. The van der Waals surface area contributed by atoms with Crippen LogP contribution in [-0.2, 0) is 9.47 Å². The van der Waals surface area contributed by atoms with Crippen molar-refractivity contribution < 1.29 is 14.2 Å². The fourth-order valence-corrected chi connectivity index (χ4v) is 1.80. The Kier molecular flexibility index (Phi) is 4.85. The molecule has 1 aromatic carbocycles. The van der Waals surface area contributed by atoms with Crippen molar-refractivity contribution in [3.63, 3.8) is 0 Å². The Morgan fingerprint density at radius 2 is 2.05 bits per heavy atom. The van der Waals surface area contributed by atoms with Crippen LogP contribution in [0.25, 0.3) is 10.9 Å². The van der Waals surface area contributed by atoms with Crippen LogP contribution in [-0.4, -0.2) is 38.5 Å². The quantitative estimate of drug-likeness (QED) is 0.612. The summed E-state index contributed by atoms with van der Waals surface area (Å²) in [5.41, 5.74) is 1.77. The first-order valence-electron chi connectivity index (χ1n) is 6.12. The van der Waals surface area contributed by atoms with E-state index in [4.69, 9.17) is 20.6 Å². The fraction of sp³-hybridized carbons (Fsp3) is 0.333. The van der Waals surface area contributed by atoms with E-state index < -0.39 is 0 Å². The van der Waals surface area contributed by atoms with Crippen LogP contribution in [0.3, 0.4) is 0 Å². The Balaban J connectivity index is 1.92. The lowest BCUT2D eigenvalue weighted by Crippen LogP contribution is -2.10. The number of aromatic nitrogens is 1. The Morgan fingerprint density at radius 1 is 1.21 bits per heavy atom. The lowest BCUT2D eigenvalue weighted by molar-refractivity contribution is 0.0544. The van der Waals surface area contributed by atoms with Crippen molar-refractivity contribution >= 4 is 10.9 Å². The molecule has 4 nitrogen and oxygen atoms in total. The summed E-state index contributed by atoms with van der Waals surface area (Å²) in [4.78, 5) is 3.12. The molecule has 0 aliphatic rings. The Morgan fingerprint density at radius 3 is 2.84 bits per heavy atom. The van der Waals surface area contributed by atoms with Crippen molar-refractivity contribution in [2.45, 2.75) is 0 Å². The molecule has 0 aliphatic heterocycles. The third kappa shape index (κ3) is 3.50. The monoisotopic (exact) mass is 259 g/mol. The van der Waals surface area contributed by atoms with Gasteiger partial charge in [-0.15, -0.1) is 6.42 Å². The number of terminal acetylenes is 1. The molecule has 0 saturated carbocycles. The first-order valence-corrected chi connectivity index (χ1v) is 6.12. The van der Waals surface area contributed by atoms with Crippen LogP contribution in [0.4, 0.5) is 0 Å². The molecule has 0 aliphatic carbocycles. The van der Waals surface area contributed by atoms with E-state index in [1.54, 1.807) is 7.11 Å². The second-order valence-corrected chi connectivity index (χ2v) is 4.01. The van der Waals surface area contributed by atoms with Crippen LogP contribution in [0, 0.1) is 12.3 Å². The number of H-pyrrole nitrogens is 1. The fourth-order valence-electron chi connectivity index (χ4n) is 1.80. The topological polar surface area (TPSA) is 43.5 Å². The molecule has 0 spiro atoms. The highest BCUT2D eigenvalue weighted by Gasteiger charge is 2.04. The molecule has 0 fully saturated rings. The van der Waals surface area contributed by atoms with Gasteiger partial charge in [0.25, 0.3) is 0 Å². The highest BCUT2D eigenvalue weighted by molar-refractivity contribution is 5.86. The van der Waals surface area contributed by atoms with Gasteiger partial charge in [0.05, 0.1) is 30.9 Å². The smallest absolute Gasteiger partial charge is 0.121 e. The number of methoxy groups -OCH3 is 1. The zero-order chi connectivity index (χ0) is 13.5.